The molecule has 0 atom stereocenters. The van der Waals surface area contributed by atoms with E-state index in [2.05, 4.69) is 20.8 Å². The van der Waals surface area contributed by atoms with Gasteiger partial charge in [-0.15, -0.1) is 0 Å². The zero-order valence-electron chi connectivity index (χ0n) is 11.6. The van der Waals surface area contributed by atoms with Gasteiger partial charge in [-0.1, -0.05) is 18.2 Å². The van der Waals surface area contributed by atoms with Crippen molar-refractivity contribution in [1.29, 1.82) is 0 Å². The Morgan fingerprint density at radius 2 is 1.83 bits per heavy atom. The number of para-hydroxylation sites is 1. The second-order valence-electron chi connectivity index (χ2n) is 4.48. The first-order valence-electron chi connectivity index (χ1n) is 6.55. The molecule has 3 rings (SSSR count). The molecule has 23 heavy (non-hydrogen) atoms. The fourth-order valence-corrected chi connectivity index (χ4v) is 1.88. The van der Waals surface area contributed by atoms with Gasteiger partial charge in [0.15, 0.2) is 0 Å². The second-order valence-corrected chi connectivity index (χ2v) is 4.48. The first-order valence-corrected chi connectivity index (χ1v) is 6.55. The minimum atomic E-state index is -0.796. The van der Waals surface area contributed by atoms with Crippen LogP contribution in [0.1, 0.15) is 20.8 Å². The molecule has 0 unspecified atom stereocenters. The van der Waals surface area contributed by atoms with E-state index >= 15 is 0 Å². The molecule has 2 aromatic heterocycles. The van der Waals surface area contributed by atoms with E-state index in [4.69, 9.17) is 4.42 Å². The van der Waals surface area contributed by atoms with E-state index in [1.54, 1.807) is 24.3 Å². The topological polar surface area (TPSA) is 114 Å². The number of carbonyl (C=O) groups excluding carboxylic acids is 2. The number of hydrazine groups is 1. The molecule has 0 aliphatic heterocycles. The summed E-state index contributed by atoms with van der Waals surface area (Å²) in [6, 6.07) is 8.18. The van der Waals surface area contributed by atoms with E-state index in [-0.39, 0.29) is 11.3 Å². The van der Waals surface area contributed by atoms with Gasteiger partial charge < -0.3 is 4.42 Å². The molecule has 0 fully saturated rings. The lowest BCUT2D eigenvalue weighted by Crippen LogP contribution is -2.43. The molecule has 0 saturated heterocycles. The predicted molar refractivity (Wildman–Crippen MR) is 79.4 cm³/mol. The van der Waals surface area contributed by atoms with Crippen LogP contribution in [0.3, 0.4) is 0 Å². The van der Waals surface area contributed by atoms with Crippen LogP contribution in [0.25, 0.3) is 11.0 Å². The Kier molecular flexibility index (Phi) is 3.79. The van der Waals surface area contributed by atoms with Gasteiger partial charge in [0.25, 0.3) is 11.8 Å². The van der Waals surface area contributed by atoms with Crippen molar-refractivity contribution in [3.8, 4) is 0 Å². The third-order valence-corrected chi connectivity index (χ3v) is 2.97. The van der Waals surface area contributed by atoms with Crippen LogP contribution in [0.4, 0.5) is 0 Å². The van der Waals surface area contributed by atoms with Gasteiger partial charge in [-0.3, -0.25) is 25.4 Å². The van der Waals surface area contributed by atoms with E-state index in [1.165, 1.54) is 24.7 Å². The second kappa shape index (κ2) is 6.06. The Bertz CT molecular complexity index is 937. The predicted octanol–water partition coefficient (Wildman–Crippen LogP) is 0.658. The highest BCUT2D eigenvalue weighted by molar-refractivity contribution is 5.99. The van der Waals surface area contributed by atoms with Crippen molar-refractivity contribution in [2.75, 3.05) is 0 Å². The first kappa shape index (κ1) is 14.4. The molecule has 3 aromatic rings. The summed E-state index contributed by atoms with van der Waals surface area (Å²) < 4.78 is 5.05. The minimum absolute atomic E-state index is 0.0262. The van der Waals surface area contributed by atoms with Crippen LogP contribution in [0, 0.1) is 0 Å². The maximum atomic E-state index is 12.0. The molecule has 1 aromatic carbocycles. The summed E-state index contributed by atoms with van der Waals surface area (Å²) in [5.74, 6) is -1.45. The Morgan fingerprint density at radius 3 is 2.61 bits per heavy atom. The van der Waals surface area contributed by atoms with Gasteiger partial charge in [-0.25, -0.2) is 9.78 Å². The molecular weight excluding hydrogens is 300 g/mol. The monoisotopic (exact) mass is 310 g/mol. The zero-order chi connectivity index (χ0) is 16.2. The van der Waals surface area contributed by atoms with E-state index in [0.29, 0.717) is 11.0 Å². The number of benzene rings is 1. The molecule has 0 aliphatic carbocycles. The van der Waals surface area contributed by atoms with Gasteiger partial charge in [0, 0.05) is 17.8 Å². The van der Waals surface area contributed by atoms with Crippen molar-refractivity contribution >= 4 is 22.8 Å². The highest BCUT2D eigenvalue weighted by atomic mass is 16.4. The van der Waals surface area contributed by atoms with Crippen molar-refractivity contribution < 1.29 is 14.0 Å². The molecule has 0 bridgehead atoms. The number of rotatable bonds is 2. The van der Waals surface area contributed by atoms with Crippen molar-refractivity contribution in [2.45, 2.75) is 0 Å². The average Bonchev–Trinajstić information content (AvgIpc) is 2.59. The van der Waals surface area contributed by atoms with E-state index in [0.717, 1.165) is 0 Å². The quantitative estimate of drug-likeness (QED) is 0.531. The Labute approximate surface area is 129 Å². The lowest BCUT2D eigenvalue weighted by Gasteiger charge is -2.06. The first-order chi connectivity index (χ1) is 11.1. The van der Waals surface area contributed by atoms with Crippen LogP contribution < -0.4 is 16.5 Å². The average molecular weight is 310 g/mol. The molecule has 0 aliphatic rings. The molecule has 8 nitrogen and oxygen atoms in total. The third kappa shape index (κ3) is 3.05. The number of fused-ring (bicyclic) bond motifs is 1. The summed E-state index contributed by atoms with van der Waals surface area (Å²) in [5.41, 5.74) is 3.67. The number of carbonyl (C=O) groups is 2. The normalized spacial score (nSPS) is 10.3. The summed E-state index contributed by atoms with van der Waals surface area (Å²) >= 11 is 0. The Hall–Kier alpha value is -3.55. The van der Waals surface area contributed by atoms with Gasteiger partial charge in [0.2, 0.25) is 0 Å². The van der Waals surface area contributed by atoms with Crippen molar-refractivity contribution in [3.63, 3.8) is 0 Å². The molecule has 0 radical (unpaired) electrons. The lowest BCUT2D eigenvalue weighted by atomic mass is 10.2. The fourth-order valence-electron chi connectivity index (χ4n) is 1.88. The molecule has 2 N–H and O–H groups in total. The van der Waals surface area contributed by atoms with E-state index in [9.17, 15) is 14.4 Å². The fraction of sp³-hybridized carbons (Fsp3) is 0. The summed E-state index contributed by atoms with van der Waals surface area (Å²) in [4.78, 5) is 43.1. The number of nitrogens with one attached hydrogen (secondary N) is 2. The Morgan fingerprint density at radius 1 is 1.04 bits per heavy atom. The third-order valence-electron chi connectivity index (χ3n) is 2.97. The van der Waals surface area contributed by atoms with Crippen LogP contribution in [0.15, 0.2) is 58.1 Å². The number of hydrogen-bond donors (Lipinski definition) is 2. The van der Waals surface area contributed by atoms with Gasteiger partial charge in [-0.2, -0.15) is 0 Å². The maximum Gasteiger partial charge on any atom is 0.349 e. The van der Waals surface area contributed by atoms with Gasteiger partial charge in [-0.05, 0) is 12.1 Å². The standard InChI is InChI=1S/C15H10N4O4/c20-13(18-19-14(21)11-8-16-5-6-17-11)10-7-9-3-1-2-4-12(9)23-15(10)22/h1-8H,(H,18,20)(H,19,21). The SMILES string of the molecule is O=C(NNC(=O)c1cc2ccccc2oc1=O)c1cnccn1. The van der Waals surface area contributed by atoms with Crippen LogP contribution in [0.2, 0.25) is 0 Å². The van der Waals surface area contributed by atoms with E-state index in [1.807, 2.05) is 0 Å². The maximum absolute atomic E-state index is 12.0. The van der Waals surface area contributed by atoms with Crippen molar-refractivity contribution in [2.24, 2.45) is 0 Å². The molecule has 0 spiro atoms. The molecule has 8 heteroatoms. The number of aromatic nitrogens is 2. The van der Waals surface area contributed by atoms with Gasteiger partial charge in [0.05, 0.1) is 6.20 Å². The van der Waals surface area contributed by atoms with Gasteiger partial charge in [0.1, 0.15) is 16.8 Å². The van der Waals surface area contributed by atoms with Crippen LogP contribution in [-0.2, 0) is 0 Å². The summed E-state index contributed by atoms with van der Waals surface area (Å²) in [6.45, 7) is 0. The van der Waals surface area contributed by atoms with Crippen LogP contribution >= 0.6 is 0 Å². The smallest absolute Gasteiger partial charge is 0.349 e. The Balaban J connectivity index is 1.77. The lowest BCUT2D eigenvalue weighted by molar-refractivity contribution is 0.0841. The summed E-state index contributed by atoms with van der Waals surface area (Å²) in [6.07, 6.45) is 4.00. The van der Waals surface area contributed by atoms with E-state index < -0.39 is 17.4 Å². The molecule has 2 heterocycles. The number of amides is 2. The van der Waals surface area contributed by atoms with Crippen molar-refractivity contribution in [1.82, 2.24) is 20.8 Å². The van der Waals surface area contributed by atoms with Crippen molar-refractivity contribution in [3.05, 3.63) is 70.6 Å². The zero-order valence-corrected chi connectivity index (χ0v) is 11.6. The molecular formula is C15H10N4O4. The summed E-state index contributed by atoms with van der Waals surface area (Å²) in [7, 11) is 0. The number of nitrogens with zero attached hydrogens (tertiary/aromatic N) is 2. The summed E-state index contributed by atoms with van der Waals surface area (Å²) in [5, 5.41) is 0.595. The largest absolute Gasteiger partial charge is 0.422 e. The molecule has 2 amide bonds. The van der Waals surface area contributed by atoms with Gasteiger partial charge >= 0.3 is 5.63 Å². The number of hydrogen-bond acceptors (Lipinski definition) is 6. The molecule has 114 valence electrons. The highest BCUT2D eigenvalue weighted by Crippen LogP contribution is 2.12. The van der Waals surface area contributed by atoms with Crippen LogP contribution in [0.5, 0.6) is 0 Å². The minimum Gasteiger partial charge on any atom is -0.422 e. The molecule has 0 saturated carbocycles. The van der Waals surface area contributed by atoms with Crippen LogP contribution in [-0.4, -0.2) is 21.8 Å². The highest BCUT2D eigenvalue weighted by Gasteiger charge is 2.15.